The third kappa shape index (κ3) is 3.08. The quantitative estimate of drug-likeness (QED) is 0.809. The summed E-state index contributed by atoms with van der Waals surface area (Å²) in [6.45, 7) is 0. The maximum Gasteiger partial charge on any atom is 0.391 e. The van der Waals surface area contributed by atoms with Crippen LogP contribution >= 0.6 is 27.3 Å². The van der Waals surface area contributed by atoms with Gasteiger partial charge in [-0.3, -0.25) is 0 Å². The number of hydrogen-bond acceptors (Lipinski definition) is 2. The molecule has 1 aromatic rings. The smallest absolute Gasteiger partial charge is 0.387 e. The van der Waals surface area contributed by atoms with E-state index in [0.717, 1.165) is 9.35 Å². The van der Waals surface area contributed by atoms with Crippen molar-refractivity contribution in [2.45, 2.75) is 38.0 Å². The molecule has 0 radical (unpaired) electrons. The largest absolute Gasteiger partial charge is 0.391 e. The summed E-state index contributed by atoms with van der Waals surface area (Å²) in [6, 6.07) is 1.81. The van der Waals surface area contributed by atoms with E-state index in [1.165, 1.54) is 11.3 Å². The number of halogens is 4. The van der Waals surface area contributed by atoms with E-state index in [4.69, 9.17) is 0 Å². The molecule has 1 aromatic heterocycles. The molecule has 1 saturated carbocycles. The van der Waals surface area contributed by atoms with Gasteiger partial charge in [0, 0.05) is 9.35 Å². The van der Waals surface area contributed by atoms with Gasteiger partial charge in [-0.1, -0.05) is 6.42 Å². The van der Waals surface area contributed by atoms with Crippen LogP contribution in [0.4, 0.5) is 13.2 Å². The molecule has 0 saturated heterocycles. The van der Waals surface area contributed by atoms with E-state index in [9.17, 15) is 18.3 Å². The Kier molecular flexibility index (Phi) is 4.39. The van der Waals surface area contributed by atoms with Crippen LogP contribution in [0.1, 0.15) is 36.7 Å². The molecule has 18 heavy (non-hydrogen) atoms. The molecule has 1 aliphatic carbocycles. The lowest BCUT2D eigenvalue weighted by Crippen LogP contribution is -2.30. The van der Waals surface area contributed by atoms with Gasteiger partial charge in [0.05, 0.1) is 12.0 Å². The fourth-order valence-corrected chi connectivity index (χ4v) is 4.23. The zero-order valence-electron chi connectivity index (χ0n) is 9.58. The number of aliphatic hydroxyl groups is 1. The Balaban J connectivity index is 2.07. The third-order valence-electron chi connectivity index (χ3n) is 3.54. The highest BCUT2D eigenvalue weighted by Gasteiger charge is 2.43. The molecular formula is C12H14BrF3OS. The zero-order chi connectivity index (χ0) is 13.3. The van der Waals surface area contributed by atoms with E-state index >= 15 is 0 Å². The summed E-state index contributed by atoms with van der Waals surface area (Å²) in [4.78, 5) is 0.739. The standard InChI is InChI=1S/C12H14BrF3OS/c13-9-4-5-18-11(9)10(17)7-2-1-3-8(6-7)12(14,15)16/h4-5,7-8,10,17H,1-3,6H2. The van der Waals surface area contributed by atoms with Crippen LogP contribution in [-0.4, -0.2) is 11.3 Å². The predicted molar refractivity (Wildman–Crippen MR) is 68.5 cm³/mol. The van der Waals surface area contributed by atoms with E-state index in [0.29, 0.717) is 12.8 Å². The molecule has 0 bridgehead atoms. The second kappa shape index (κ2) is 5.51. The van der Waals surface area contributed by atoms with Crippen molar-refractivity contribution in [3.63, 3.8) is 0 Å². The van der Waals surface area contributed by atoms with Crippen LogP contribution in [0.5, 0.6) is 0 Å². The summed E-state index contributed by atoms with van der Waals surface area (Å²) in [5.74, 6) is -1.55. The van der Waals surface area contributed by atoms with Crippen molar-refractivity contribution >= 4 is 27.3 Å². The van der Waals surface area contributed by atoms with E-state index in [1.54, 1.807) is 0 Å². The Labute approximate surface area is 116 Å². The Bertz CT molecular complexity index is 404. The van der Waals surface area contributed by atoms with E-state index in [-0.39, 0.29) is 18.8 Å². The van der Waals surface area contributed by atoms with Gasteiger partial charge >= 0.3 is 6.18 Å². The molecule has 0 spiro atoms. The summed E-state index contributed by atoms with van der Waals surface area (Å²) < 4.78 is 38.9. The van der Waals surface area contributed by atoms with Crippen molar-refractivity contribution in [1.82, 2.24) is 0 Å². The third-order valence-corrected chi connectivity index (χ3v) is 5.48. The highest BCUT2D eigenvalue weighted by atomic mass is 79.9. The molecule has 102 valence electrons. The number of thiophene rings is 1. The number of hydrogen-bond donors (Lipinski definition) is 1. The van der Waals surface area contributed by atoms with Gasteiger partial charge in [0.2, 0.25) is 0 Å². The SMILES string of the molecule is OC(c1sccc1Br)C1CCCC(C(F)(F)F)C1. The van der Waals surface area contributed by atoms with Gasteiger partial charge in [0.1, 0.15) is 0 Å². The first kappa shape index (κ1) is 14.3. The van der Waals surface area contributed by atoms with Crippen LogP contribution in [0, 0.1) is 11.8 Å². The number of aliphatic hydroxyl groups excluding tert-OH is 1. The minimum Gasteiger partial charge on any atom is -0.387 e. The van der Waals surface area contributed by atoms with Gasteiger partial charge in [0.25, 0.3) is 0 Å². The van der Waals surface area contributed by atoms with Gasteiger partial charge in [-0.05, 0) is 52.6 Å². The summed E-state index contributed by atoms with van der Waals surface area (Å²) in [7, 11) is 0. The summed E-state index contributed by atoms with van der Waals surface area (Å²) in [5.41, 5.74) is 0. The molecule has 0 aliphatic heterocycles. The Morgan fingerprint density at radius 2 is 2.11 bits per heavy atom. The summed E-state index contributed by atoms with van der Waals surface area (Å²) >= 11 is 4.70. The van der Waals surface area contributed by atoms with Crippen LogP contribution in [0.3, 0.4) is 0 Å². The van der Waals surface area contributed by atoms with Crippen LogP contribution < -0.4 is 0 Å². The monoisotopic (exact) mass is 342 g/mol. The Hall–Kier alpha value is -0.0700. The van der Waals surface area contributed by atoms with Crippen LogP contribution in [-0.2, 0) is 0 Å². The molecule has 1 N–H and O–H groups in total. The second-order valence-corrected chi connectivity index (χ2v) is 6.54. The van der Waals surface area contributed by atoms with E-state index < -0.39 is 18.2 Å². The van der Waals surface area contributed by atoms with Crippen molar-refractivity contribution in [1.29, 1.82) is 0 Å². The molecule has 3 atom stereocenters. The molecule has 1 aliphatic rings. The van der Waals surface area contributed by atoms with Gasteiger partial charge < -0.3 is 5.11 Å². The Morgan fingerprint density at radius 1 is 1.39 bits per heavy atom. The zero-order valence-corrected chi connectivity index (χ0v) is 12.0. The fourth-order valence-electron chi connectivity index (χ4n) is 2.54. The lowest BCUT2D eigenvalue weighted by molar-refractivity contribution is -0.188. The molecule has 2 rings (SSSR count). The first-order valence-corrected chi connectivity index (χ1v) is 7.54. The van der Waals surface area contributed by atoms with E-state index in [2.05, 4.69) is 15.9 Å². The maximum atomic E-state index is 12.7. The van der Waals surface area contributed by atoms with E-state index in [1.807, 2.05) is 11.4 Å². The molecule has 6 heteroatoms. The van der Waals surface area contributed by atoms with Crippen molar-refractivity contribution in [2.24, 2.45) is 11.8 Å². The van der Waals surface area contributed by atoms with Gasteiger partial charge in [-0.15, -0.1) is 11.3 Å². The Morgan fingerprint density at radius 3 is 2.67 bits per heavy atom. The molecule has 1 nitrogen and oxygen atoms in total. The van der Waals surface area contributed by atoms with Crippen LogP contribution in [0.25, 0.3) is 0 Å². The molecule has 1 fully saturated rings. The van der Waals surface area contributed by atoms with Crippen molar-refractivity contribution < 1.29 is 18.3 Å². The van der Waals surface area contributed by atoms with Crippen molar-refractivity contribution in [3.8, 4) is 0 Å². The number of rotatable bonds is 2. The minimum absolute atomic E-state index is 0.0367. The predicted octanol–water partition coefficient (Wildman–Crippen LogP) is 4.91. The van der Waals surface area contributed by atoms with Gasteiger partial charge in [-0.2, -0.15) is 13.2 Å². The van der Waals surface area contributed by atoms with Crippen LogP contribution in [0.2, 0.25) is 0 Å². The summed E-state index contributed by atoms with van der Waals surface area (Å²) in [5, 5.41) is 12.0. The molecule has 0 amide bonds. The summed E-state index contributed by atoms with van der Waals surface area (Å²) in [6.07, 6.45) is -3.49. The highest BCUT2D eigenvalue weighted by Crippen LogP contribution is 2.45. The first-order chi connectivity index (χ1) is 8.39. The molecular weight excluding hydrogens is 329 g/mol. The molecule has 1 heterocycles. The van der Waals surface area contributed by atoms with Gasteiger partial charge in [-0.25, -0.2) is 0 Å². The highest BCUT2D eigenvalue weighted by molar-refractivity contribution is 9.10. The molecule has 3 unspecified atom stereocenters. The van der Waals surface area contributed by atoms with Gasteiger partial charge in [0.15, 0.2) is 0 Å². The number of alkyl halides is 3. The minimum atomic E-state index is -4.13. The average molecular weight is 343 g/mol. The maximum absolute atomic E-state index is 12.7. The molecule has 0 aromatic carbocycles. The second-order valence-electron chi connectivity index (χ2n) is 4.74. The van der Waals surface area contributed by atoms with Crippen LogP contribution in [0.15, 0.2) is 15.9 Å². The first-order valence-electron chi connectivity index (χ1n) is 5.87. The lowest BCUT2D eigenvalue weighted by atomic mass is 9.78. The fraction of sp³-hybridized carbons (Fsp3) is 0.667. The van der Waals surface area contributed by atoms with Crippen molar-refractivity contribution in [2.75, 3.05) is 0 Å². The topological polar surface area (TPSA) is 20.2 Å². The average Bonchev–Trinajstić information content (AvgIpc) is 2.73. The van der Waals surface area contributed by atoms with Crippen molar-refractivity contribution in [3.05, 3.63) is 20.8 Å². The lowest BCUT2D eigenvalue weighted by Gasteiger charge is -2.33. The normalized spacial score (nSPS) is 27.2.